The van der Waals surface area contributed by atoms with Crippen molar-refractivity contribution in [3.05, 3.63) is 42.0 Å². The standard InChI is InChI=1S/C16H24NO2.ClH/c1-4-17(5-2,6-3)14-19-16(18)13-12-15-10-8-7-9-11-15;/h7-13H,4-6,14H2,1-3H3;1H/q+1;/p-1/b13-12+;. The van der Waals surface area contributed by atoms with Gasteiger partial charge in [0.05, 0.1) is 19.6 Å². The first kappa shape index (κ1) is 18.7. The first-order valence-electron chi connectivity index (χ1n) is 6.90. The van der Waals surface area contributed by atoms with Crippen molar-refractivity contribution >= 4 is 12.0 Å². The molecular weight excluding hydrogens is 274 g/mol. The van der Waals surface area contributed by atoms with Crippen molar-refractivity contribution < 1.29 is 26.4 Å². The van der Waals surface area contributed by atoms with Crippen LogP contribution in [-0.2, 0) is 9.53 Å². The minimum absolute atomic E-state index is 0. The Morgan fingerprint density at radius 3 is 2.15 bits per heavy atom. The van der Waals surface area contributed by atoms with Crippen LogP contribution in [0.5, 0.6) is 0 Å². The number of nitrogens with zero attached hydrogens (tertiary/aromatic N) is 1. The average molecular weight is 298 g/mol. The third kappa shape index (κ3) is 5.76. The van der Waals surface area contributed by atoms with E-state index in [0.717, 1.165) is 29.7 Å². The van der Waals surface area contributed by atoms with Crippen LogP contribution in [0.2, 0.25) is 0 Å². The number of quaternary nitrogens is 1. The van der Waals surface area contributed by atoms with E-state index >= 15 is 0 Å². The van der Waals surface area contributed by atoms with Gasteiger partial charge in [-0.15, -0.1) is 0 Å². The van der Waals surface area contributed by atoms with Crippen LogP contribution in [0.1, 0.15) is 26.3 Å². The van der Waals surface area contributed by atoms with Gasteiger partial charge in [-0.25, -0.2) is 4.79 Å². The zero-order chi connectivity index (χ0) is 14.1. The Morgan fingerprint density at radius 2 is 1.65 bits per heavy atom. The molecule has 0 radical (unpaired) electrons. The van der Waals surface area contributed by atoms with Crippen molar-refractivity contribution in [3.63, 3.8) is 0 Å². The minimum Gasteiger partial charge on any atom is -1.00 e. The molecule has 0 aliphatic rings. The maximum atomic E-state index is 11.7. The molecule has 0 aromatic heterocycles. The lowest BCUT2D eigenvalue weighted by molar-refractivity contribution is -0.938. The van der Waals surface area contributed by atoms with E-state index in [-0.39, 0.29) is 18.4 Å². The van der Waals surface area contributed by atoms with Gasteiger partial charge in [-0.05, 0) is 32.4 Å². The summed E-state index contributed by atoms with van der Waals surface area (Å²) in [5.41, 5.74) is 1.00. The summed E-state index contributed by atoms with van der Waals surface area (Å²) in [6.07, 6.45) is 3.27. The molecule has 0 saturated carbocycles. The molecule has 20 heavy (non-hydrogen) atoms. The van der Waals surface area contributed by atoms with Gasteiger partial charge in [-0.1, -0.05) is 30.3 Å². The number of carbonyl (C=O) groups is 1. The zero-order valence-corrected chi connectivity index (χ0v) is 13.3. The van der Waals surface area contributed by atoms with Gasteiger partial charge in [0, 0.05) is 6.08 Å². The Bertz CT molecular complexity index is 405. The Hall–Kier alpha value is -1.32. The summed E-state index contributed by atoms with van der Waals surface area (Å²) < 4.78 is 6.16. The smallest absolute Gasteiger partial charge is 0.335 e. The largest absolute Gasteiger partial charge is 1.00 e. The number of hydrogen-bond donors (Lipinski definition) is 0. The van der Waals surface area contributed by atoms with Crippen molar-refractivity contribution in [1.29, 1.82) is 0 Å². The van der Waals surface area contributed by atoms with Gasteiger partial charge in [-0.2, -0.15) is 0 Å². The van der Waals surface area contributed by atoms with Gasteiger partial charge in [-0.3, -0.25) is 4.48 Å². The maximum absolute atomic E-state index is 11.7. The van der Waals surface area contributed by atoms with Gasteiger partial charge >= 0.3 is 5.97 Å². The highest BCUT2D eigenvalue weighted by Gasteiger charge is 2.21. The van der Waals surface area contributed by atoms with E-state index in [1.165, 1.54) is 6.08 Å². The monoisotopic (exact) mass is 297 g/mol. The molecule has 0 saturated heterocycles. The molecule has 0 atom stereocenters. The highest BCUT2D eigenvalue weighted by Crippen LogP contribution is 2.07. The molecule has 0 heterocycles. The molecule has 0 aliphatic heterocycles. The molecule has 0 spiro atoms. The SMILES string of the molecule is CC[N+](CC)(CC)COC(=O)/C=C/c1ccccc1.[Cl-]. The summed E-state index contributed by atoms with van der Waals surface area (Å²) in [6, 6.07) is 9.74. The van der Waals surface area contributed by atoms with E-state index < -0.39 is 0 Å². The number of esters is 1. The van der Waals surface area contributed by atoms with Crippen molar-refractivity contribution in [3.8, 4) is 0 Å². The van der Waals surface area contributed by atoms with Gasteiger partial charge in [0.25, 0.3) is 0 Å². The molecule has 0 unspecified atom stereocenters. The quantitative estimate of drug-likeness (QED) is 0.308. The van der Waals surface area contributed by atoms with E-state index in [1.54, 1.807) is 6.08 Å². The molecule has 112 valence electrons. The second-order valence-electron chi connectivity index (χ2n) is 4.63. The number of hydrogen-bond acceptors (Lipinski definition) is 2. The molecule has 1 rings (SSSR count). The number of ether oxygens (including phenoxy) is 1. The van der Waals surface area contributed by atoms with Gasteiger partial charge in [0.2, 0.25) is 6.73 Å². The Balaban J connectivity index is 0.00000361. The molecule has 1 aromatic rings. The summed E-state index contributed by atoms with van der Waals surface area (Å²) >= 11 is 0. The highest BCUT2D eigenvalue weighted by molar-refractivity contribution is 5.86. The highest BCUT2D eigenvalue weighted by atomic mass is 35.5. The lowest BCUT2D eigenvalue weighted by atomic mass is 10.2. The van der Waals surface area contributed by atoms with Gasteiger partial charge in [0.1, 0.15) is 0 Å². The minimum atomic E-state index is -0.276. The summed E-state index contributed by atoms with van der Waals surface area (Å²) in [6.45, 7) is 9.75. The van der Waals surface area contributed by atoms with Crippen molar-refractivity contribution in [2.75, 3.05) is 26.4 Å². The summed E-state index contributed by atoms with van der Waals surface area (Å²) in [5.74, 6) is -0.276. The molecule has 4 heteroatoms. The predicted octanol–water partition coefficient (Wildman–Crippen LogP) is 0.0810. The Kier molecular flexibility index (Phi) is 8.93. The first-order chi connectivity index (χ1) is 9.15. The molecule has 0 amide bonds. The fourth-order valence-corrected chi connectivity index (χ4v) is 1.92. The van der Waals surface area contributed by atoms with Crippen LogP contribution in [0.15, 0.2) is 36.4 Å². The summed E-state index contributed by atoms with van der Waals surface area (Å²) in [4.78, 5) is 11.7. The average Bonchev–Trinajstić information content (AvgIpc) is 2.48. The second-order valence-corrected chi connectivity index (χ2v) is 4.63. The molecule has 3 nitrogen and oxygen atoms in total. The molecule has 1 aromatic carbocycles. The third-order valence-corrected chi connectivity index (χ3v) is 3.70. The number of benzene rings is 1. The van der Waals surface area contributed by atoms with Crippen molar-refractivity contribution in [2.45, 2.75) is 20.8 Å². The first-order valence-corrected chi connectivity index (χ1v) is 6.90. The Morgan fingerprint density at radius 1 is 1.10 bits per heavy atom. The number of carbonyl (C=O) groups excluding carboxylic acids is 1. The molecular formula is C16H24ClNO2. The lowest BCUT2D eigenvalue weighted by Crippen LogP contribution is -3.00. The summed E-state index contributed by atoms with van der Waals surface area (Å²) in [5, 5.41) is 0. The fourth-order valence-electron chi connectivity index (χ4n) is 1.92. The van der Waals surface area contributed by atoms with E-state index in [4.69, 9.17) is 4.74 Å². The van der Waals surface area contributed by atoms with E-state index in [9.17, 15) is 4.79 Å². The maximum Gasteiger partial charge on any atom is 0.335 e. The fraction of sp³-hybridized carbons (Fsp3) is 0.438. The van der Waals surface area contributed by atoms with E-state index in [1.807, 2.05) is 30.3 Å². The topological polar surface area (TPSA) is 26.3 Å². The van der Waals surface area contributed by atoms with Gasteiger partial charge < -0.3 is 17.1 Å². The van der Waals surface area contributed by atoms with E-state index in [2.05, 4.69) is 20.8 Å². The Labute approximate surface area is 128 Å². The van der Waals surface area contributed by atoms with Crippen LogP contribution in [0.4, 0.5) is 0 Å². The van der Waals surface area contributed by atoms with Crippen LogP contribution in [-0.4, -0.2) is 36.8 Å². The van der Waals surface area contributed by atoms with Crippen molar-refractivity contribution in [2.24, 2.45) is 0 Å². The number of halogens is 1. The lowest BCUT2D eigenvalue weighted by Gasteiger charge is -2.34. The normalized spacial score (nSPS) is 11.2. The van der Waals surface area contributed by atoms with Crippen molar-refractivity contribution in [1.82, 2.24) is 0 Å². The van der Waals surface area contributed by atoms with Gasteiger partial charge in [0.15, 0.2) is 0 Å². The van der Waals surface area contributed by atoms with Crippen LogP contribution in [0.3, 0.4) is 0 Å². The summed E-state index contributed by atoms with van der Waals surface area (Å²) in [7, 11) is 0. The predicted molar refractivity (Wildman–Crippen MR) is 78.3 cm³/mol. The molecule has 0 N–H and O–H groups in total. The third-order valence-electron chi connectivity index (χ3n) is 3.70. The van der Waals surface area contributed by atoms with Crippen LogP contribution in [0.25, 0.3) is 6.08 Å². The molecule has 0 fully saturated rings. The van der Waals surface area contributed by atoms with Crippen LogP contribution >= 0.6 is 0 Å². The van der Waals surface area contributed by atoms with E-state index in [0.29, 0.717) is 6.73 Å². The molecule has 0 aliphatic carbocycles. The van der Waals surface area contributed by atoms with Crippen LogP contribution in [0, 0.1) is 0 Å². The zero-order valence-electron chi connectivity index (χ0n) is 12.5. The second kappa shape index (κ2) is 9.56. The van der Waals surface area contributed by atoms with Crippen LogP contribution < -0.4 is 12.4 Å². The molecule has 0 bridgehead atoms. The number of rotatable bonds is 7.